The van der Waals surface area contributed by atoms with Gasteiger partial charge in [-0.3, -0.25) is 0 Å². The van der Waals surface area contributed by atoms with Crippen molar-refractivity contribution in [2.45, 2.75) is 13.0 Å². The fraction of sp³-hybridized carbons (Fsp3) is 0.375. The molecule has 0 spiro atoms. The standard InChI is InChI=1S/C16H19N3O3/c1-19(16-17-14(20-2)9-15(18-16)21-3)10-11-4-5-13-12(8-11)6-7-22-13/h4-5,8-9H,6-7,10H2,1-3H3. The molecule has 1 aliphatic rings. The van der Waals surface area contributed by atoms with Crippen LogP contribution < -0.4 is 19.1 Å². The predicted octanol–water partition coefficient (Wildman–Crippen LogP) is 2.07. The van der Waals surface area contributed by atoms with Crippen LogP contribution in [0.1, 0.15) is 11.1 Å². The van der Waals surface area contributed by atoms with Gasteiger partial charge in [-0.25, -0.2) is 0 Å². The topological polar surface area (TPSA) is 56.7 Å². The highest BCUT2D eigenvalue weighted by molar-refractivity contribution is 5.42. The molecule has 2 aromatic rings. The van der Waals surface area contributed by atoms with Crippen LogP contribution in [-0.4, -0.2) is 37.8 Å². The van der Waals surface area contributed by atoms with Gasteiger partial charge in [0.1, 0.15) is 5.75 Å². The maximum atomic E-state index is 5.53. The number of hydrogen-bond donors (Lipinski definition) is 0. The maximum absolute atomic E-state index is 5.53. The van der Waals surface area contributed by atoms with Crippen LogP contribution in [0.4, 0.5) is 5.95 Å². The minimum atomic E-state index is 0.482. The minimum absolute atomic E-state index is 0.482. The second kappa shape index (κ2) is 6.09. The van der Waals surface area contributed by atoms with Crippen LogP contribution in [0.3, 0.4) is 0 Å². The molecule has 0 unspecified atom stereocenters. The SMILES string of the molecule is COc1cc(OC)nc(N(C)Cc2ccc3c(c2)CCO3)n1. The molecule has 0 amide bonds. The molecule has 2 heterocycles. The van der Waals surface area contributed by atoms with E-state index in [1.807, 2.05) is 18.0 Å². The summed E-state index contributed by atoms with van der Waals surface area (Å²) < 4.78 is 15.9. The Labute approximate surface area is 129 Å². The summed E-state index contributed by atoms with van der Waals surface area (Å²) in [5.41, 5.74) is 2.45. The number of methoxy groups -OCH3 is 2. The largest absolute Gasteiger partial charge is 0.493 e. The lowest BCUT2D eigenvalue weighted by atomic mass is 10.1. The van der Waals surface area contributed by atoms with Crippen LogP contribution in [0, 0.1) is 0 Å². The molecule has 1 aliphatic heterocycles. The van der Waals surface area contributed by atoms with Crippen LogP contribution in [0.25, 0.3) is 0 Å². The number of rotatable bonds is 5. The monoisotopic (exact) mass is 301 g/mol. The van der Waals surface area contributed by atoms with Gasteiger partial charge in [0, 0.05) is 20.0 Å². The van der Waals surface area contributed by atoms with E-state index in [9.17, 15) is 0 Å². The third-order valence-electron chi connectivity index (χ3n) is 3.60. The van der Waals surface area contributed by atoms with Gasteiger partial charge in [0.2, 0.25) is 17.7 Å². The van der Waals surface area contributed by atoms with Crippen molar-refractivity contribution in [1.29, 1.82) is 0 Å². The highest BCUT2D eigenvalue weighted by atomic mass is 16.5. The first-order valence-electron chi connectivity index (χ1n) is 7.12. The Balaban J connectivity index is 1.80. The van der Waals surface area contributed by atoms with Crippen molar-refractivity contribution in [1.82, 2.24) is 9.97 Å². The van der Waals surface area contributed by atoms with E-state index in [2.05, 4.69) is 22.1 Å². The van der Waals surface area contributed by atoms with Crippen LogP contribution in [0.15, 0.2) is 24.3 Å². The first-order chi connectivity index (χ1) is 10.7. The average Bonchev–Trinajstić information content (AvgIpc) is 3.01. The van der Waals surface area contributed by atoms with Gasteiger partial charge in [-0.1, -0.05) is 12.1 Å². The molecule has 1 aromatic carbocycles. The number of hydrogen-bond acceptors (Lipinski definition) is 6. The van der Waals surface area contributed by atoms with E-state index in [0.29, 0.717) is 24.3 Å². The molecular formula is C16H19N3O3. The van der Waals surface area contributed by atoms with Crippen molar-refractivity contribution in [3.05, 3.63) is 35.4 Å². The molecule has 3 rings (SSSR count). The Morgan fingerprint density at radius 1 is 1.14 bits per heavy atom. The fourth-order valence-corrected chi connectivity index (χ4v) is 2.45. The molecule has 6 heteroatoms. The molecule has 0 bridgehead atoms. The highest BCUT2D eigenvalue weighted by Gasteiger charge is 2.14. The number of nitrogens with zero attached hydrogens (tertiary/aromatic N) is 3. The highest BCUT2D eigenvalue weighted by Crippen LogP contribution is 2.27. The average molecular weight is 301 g/mol. The van der Waals surface area contributed by atoms with Gasteiger partial charge in [-0.05, 0) is 17.2 Å². The maximum Gasteiger partial charge on any atom is 0.232 e. The molecule has 0 N–H and O–H groups in total. The third-order valence-corrected chi connectivity index (χ3v) is 3.60. The number of ether oxygens (including phenoxy) is 3. The summed E-state index contributed by atoms with van der Waals surface area (Å²) in [6, 6.07) is 7.93. The Morgan fingerprint density at radius 3 is 2.55 bits per heavy atom. The Bertz CT molecular complexity index is 653. The van der Waals surface area contributed by atoms with Crippen molar-refractivity contribution in [3.8, 4) is 17.5 Å². The Hall–Kier alpha value is -2.50. The van der Waals surface area contributed by atoms with Gasteiger partial charge in [-0.15, -0.1) is 0 Å². The van der Waals surface area contributed by atoms with E-state index in [1.54, 1.807) is 20.3 Å². The molecule has 22 heavy (non-hydrogen) atoms. The second-order valence-electron chi connectivity index (χ2n) is 5.15. The van der Waals surface area contributed by atoms with E-state index < -0.39 is 0 Å². The van der Waals surface area contributed by atoms with Gasteiger partial charge >= 0.3 is 0 Å². The first kappa shape index (κ1) is 14.4. The van der Waals surface area contributed by atoms with Gasteiger partial charge < -0.3 is 19.1 Å². The molecule has 0 fully saturated rings. The number of benzene rings is 1. The van der Waals surface area contributed by atoms with E-state index in [1.165, 1.54) is 11.1 Å². The molecule has 116 valence electrons. The molecule has 0 saturated carbocycles. The summed E-state index contributed by atoms with van der Waals surface area (Å²) in [5, 5.41) is 0. The minimum Gasteiger partial charge on any atom is -0.493 e. The Morgan fingerprint density at radius 2 is 1.86 bits per heavy atom. The second-order valence-corrected chi connectivity index (χ2v) is 5.15. The summed E-state index contributed by atoms with van der Waals surface area (Å²) in [6.07, 6.45) is 0.969. The molecule has 6 nitrogen and oxygen atoms in total. The molecule has 0 saturated heterocycles. The van der Waals surface area contributed by atoms with Gasteiger partial charge in [-0.2, -0.15) is 9.97 Å². The summed E-state index contributed by atoms with van der Waals surface area (Å²) >= 11 is 0. The van der Waals surface area contributed by atoms with Gasteiger partial charge in [0.15, 0.2) is 0 Å². The van der Waals surface area contributed by atoms with E-state index in [4.69, 9.17) is 14.2 Å². The number of anilines is 1. The van der Waals surface area contributed by atoms with E-state index >= 15 is 0 Å². The zero-order valence-electron chi connectivity index (χ0n) is 13.0. The van der Waals surface area contributed by atoms with Crippen LogP contribution in [-0.2, 0) is 13.0 Å². The van der Waals surface area contributed by atoms with Crippen molar-refractivity contribution >= 4 is 5.95 Å². The number of fused-ring (bicyclic) bond motifs is 1. The van der Waals surface area contributed by atoms with Crippen molar-refractivity contribution in [2.75, 3.05) is 32.8 Å². The van der Waals surface area contributed by atoms with Crippen LogP contribution >= 0.6 is 0 Å². The van der Waals surface area contributed by atoms with Crippen LogP contribution in [0.2, 0.25) is 0 Å². The predicted molar refractivity (Wildman–Crippen MR) is 82.9 cm³/mol. The van der Waals surface area contributed by atoms with Crippen LogP contribution in [0.5, 0.6) is 17.5 Å². The smallest absolute Gasteiger partial charge is 0.232 e. The zero-order valence-corrected chi connectivity index (χ0v) is 13.0. The molecule has 0 aliphatic carbocycles. The van der Waals surface area contributed by atoms with Gasteiger partial charge in [0.25, 0.3) is 0 Å². The summed E-state index contributed by atoms with van der Waals surface area (Å²) in [5.74, 6) is 2.52. The van der Waals surface area contributed by atoms with Crippen molar-refractivity contribution in [2.24, 2.45) is 0 Å². The molecular weight excluding hydrogens is 282 g/mol. The lowest BCUT2D eigenvalue weighted by molar-refractivity contribution is 0.357. The molecule has 1 aromatic heterocycles. The Kier molecular flexibility index (Phi) is 4.00. The van der Waals surface area contributed by atoms with E-state index in [0.717, 1.165) is 18.8 Å². The molecule has 0 atom stereocenters. The normalized spacial score (nSPS) is 12.5. The molecule has 0 radical (unpaired) electrons. The lowest BCUT2D eigenvalue weighted by Gasteiger charge is -2.18. The fourth-order valence-electron chi connectivity index (χ4n) is 2.45. The number of aromatic nitrogens is 2. The zero-order chi connectivity index (χ0) is 15.5. The van der Waals surface area contributed by atoms with Crippen molar-refractivity contribution in [3.63, 3.8) is 0 Å². The summed E-state index contributed by atoms with van der Waals surface area (Å²) in [6.45, 7) is 1.47. The quantitative estimate of drug-likeness (QED) is 0.842. The lowest BCUT2D eigenvalue weighted by Crippen LogP contribution is -2.19. The summed E-state index contributed by atoms with van der Waals surface area (Å²) in [4.78, 5) is 10.7. The van der Waals surface area contributed by atoms with E-state index in [-0.39, 0.29) is 0 Å². The van der Waals surface area contributed by atoms with Gasteiger partial charge in [0.05, 0.1) is 26.9 Å². The first-order valence-corrected chi connectivity index (χ1v) is 7.12. The van der Waals surface area contributed by atoms with Crippen molar-refractivity contribution < 1.29 is 14.2 Å². The summed E-state index contributed by atoms with van der Waals surface area (Å²) in [7, 11) is 5.09. The third kappa shape index (κ3) is 2.90.